The largest absolute Gasteiger partial charge is 0.392 e. The molecular formula is C27H30N6O4. The molecule has 1 atom stereocenters. The van der Waals surface area contributed by atoms with Gasteiger partial charge in [0.1, 0.15) is 17.8 Å². The van der Waals surface area contributed by atoms with Crippen LogP contribution in [0.25, 0.3) is 5.57 Å². The van der Waals surface area contributed by atoms with E-state index < -0.39 is 6.23 Å². The molecule has 0 radical (unpaired) electrons. The van der Waals surface area contributed by atoms with E-state index >= 15 is 0 Å². The van der Waals surface area contributed by atoms with Gasteiger partial charge >= 0.3 is 0 Å². The Morgan fingerprint density at radius 2 is 2.08 bits per heavy atom. The number of fused-ring (bicyclic) bond motifs is 3. The molecule has 1 unspecified atom stereocenters. The molecule has 0 bridgehead atoms. The highest BCUT2D eigenvalue weighted by Gasteiger charge is 2.37. The number of allylic oxidation sites excluding steroid dienone is 2. The Labute approximate surface area is 214 Å². The molecule has 3 N–H and O–H groups in total. The number of nitrogens with zero attached hydrogens (tertiary/aromatic N) is 5. The van der Waals surface area contributed by atoms with Crippen LogP contribution in [0.3, 0.4) is 0 Å². The third kappa shape index (κ3) is 3.93. The highest BCUT2D eigenvalue weighted by Crippen LogP contribution is 2.40. The number of aromatic nitrogens is 3. The number of anilines is 2. The molecular weight excluding hydrogens is 472 g/mol. The molecule has 0 saturated carbocycles. The molecule has 0 spiro atoms. The molecule has 1 amide bonds. The third-order valence-corrected chi connectivity index (χ3v) is 7.41. The zero-order valence-electron chi connectivity index (χ0n) is 21.1. The zero-order chi connectivity index (χ0) is 25.9. The maximum absolute atomic E-state index is 13.7. The summed E-state index contributed by atoms with van der Waals surface area (Å²) < 4.78 is 7.05. The molecule has 192 valence electrons. The summed E-state index contributed by atoms with van der Waals surface area (Å²) in [6.45, 7) is 5.39. The number of hydrogen-bond acceptors (Lipinski definition) is 8. The summed E-state index contributed by atoms with van der Waals surface area (Å²) in [5.74, 6) is 0.814. The monoisotopic (exact) mass is 502 g/mol. The van der Waals surface area contributed by atoms with Crippen LogP contribution in [-0.2, 0) is 26.0 Å². The van der Waals surface area contributed by atoms with Gasteiger partial charge in [-0.25, -0.2) is 4.98 Å². The first-order valence-electron chi connectivity index (χ1n) is 12.4. The van der Waals surface area contributed by atoms with Crippen molar-refractivity contribution in [2.45, 2.75) is 46.1 Å². The Morgan fingerprint density at radius 3 is 2.84 bits per heavy atom. The van der Waals surface area contributed by atoms with Crippen LogP contribution in [0.1, 0.15) is 46.7 Å². The van der Waals surface area contributed by atoms with Crippen LogP contribution < -0.4 is 10.2 Å². The molecule has 5 heterocycles. The fraction of sp³-hybridized carbons (Fsp3) is 0.370. The first kappa shape index (κ1) is 23.5. The van der Waals surface area contributed by atoms with Crippen molar-refractivity contribution in [1.82, 2.24) is 19.6 Å². The lowest BCUT2D eigenvalue weighted by atomic mass is 9.90. The number of aliphatic hydroxyl groups is 2. The molecule has 37 heavy (non-hydrogen) atoms. The van der Waals surface area contributed by atoms with Gasteiger partial charge in [-0.05, 0) is 47.6 Å². The zero-order valence-corrected chi connectivity index (χ0v) is 21.1. The van der Waals surface area contributed by atoms with E-state index in [9.17, 15) is 15.0 Å². The lowest BCUT2D eigenvalue weighted by Gasteiger charge is -2.32. The summed E-state index contributed by atoms with van der Waals surface area (Å²) in [5.41, 5.74) is 5.95. The molecule has 0 saturated heterocycles. The molecule has 3 aromatic rings. The maximum Gasteiger partial charge on any atom is 0.276 e. The van der Waals surface area contributed by atoms with Crippen molar-refractivity contribution in [3.8, 4) is 0 Å². The summed E-state index contributed by atoms with van der Waals surface area (Å²) in [5, 5.41) is 28.1. The molecule has 1 aliphatic carbocycles. The second kappa shape index (κ2) is 8.60. The predicted molar refractivity (Wildman–Crippen MR) is 137 cm³/mol. The van der Waals surface area contributed by atoms with Crippen LogP contribution in [-0.4, -0.2) is 55.5 Å². The number of amides is 1. The normalized spacial score (nSPS) is 20.5. The Balaban J connectivity index is 1.35. The summed E-state index contributed by atoms with van der Waals surface area (Å²) in [7, 11) is 1.76. The van der Waals surface area contributed by atoms with E-state index in [4.69, 9.17) is 4.52 Å². The Hall–Kier alpha value is -3.89. The van der Waals surface area contributed by atoms with Gasteiger partial charge in [-0.15, -0.1) is 0 Å². The first-order valence-corrected chi connectivity index (χ1v) is 12.4. The van der Waals surface area contributed by atoms with E-state index in [2.05, 4.69) is 33.9 Å². The van der Waals surface area contributed by atoms with Crippen molar-refractivity contribution < 1.29 is 19.5 Å². The van der Waals surface area contributed by atoms with Gasteiger partial charge in [-0.2, -0.15) is 0 Å². The van der Waals surface area contributed by atoms with Gasteiger partial charge in [0.05, 0.1) is 12.3 Å². The number of aliphatic hydroxyl groups excluding tert-OH is 2. The van der Waals surface area contributed by atoms with E-state index in [0.717, 1.165) is 24.0 Å². The Kier molecular flexibility index (Phi) is 5.46. The second-order valence-corrected chi connectivity index (χ2v) is 10.7. The van der Waals surface area contributed by atoms with Crippen molar-refractivity contribution >= 4 is 23.1 Å². The molecule has 10 heteroatoms. The lowest BCUT2D eigenvalue weighted by Crippen LogP contribution is -2.41. The highest BCUT2D eigenvalue weighted by atomic mass is 16.5. The summed E-state index contributed by atoms with van der Waals surface area (Å²) in [4.78, 5) is 21.5. The summed E-state index contributed by atoms with van der Waals surface area (Å²) in [6, 6.07) is 5.50. The average Bonchev–Trinajstić information content (AvgIpc) is 3.57. The van der Waals surface area contributed by atoms with Crippen molar-refractivity contribution in [3.05, 3.63) is 76.7 Å². The van der Waals surface area contributed by atoms with Crippen LogP contribution >= 0.6 is 0 Å². The quantitative estimate of drug-likeness (QED) is 0.487. The number of carbonyl (C=O) groups is 1. The fourth-order valence-corrected chi connectivity index (χ4v) is 5.71. The first-order chi connectivity index (χ1) is 17.8. The van der Waals surface area contributed by atoms with Crippen molar-refractivity contribution in [2.75, 3.05) is 23.8 Å². The highest BCUT2D eigenvalue weighted by molar-refractivity contribution is 6.06. The number of rotatable bonds is 5. The number of carbonyl (C=O) groups excluding carboxylic acids is 1. The van der Waals surface area contributed by atoms with Crippen LogP contribution in [0, 0.1) is 5.41 Å². The number of likely N-dealkylation sites (N-methyl/N-ethyl adjacent to an activating group) is 1. The van der Waals surface area contributed by atoms with Crippen molar-refractivity contribution in [1.29, 1.82) is 0 Å². The minimum atomic E-state index is -0.914. The van der Waals surface area contributed by atoms with Gasteiger partial charge in [0.25, 0.3) is 5.91 Å². The molecule has 6 rings (SSSR count). The standard InChI is InChI=1S/C27H30N6O4/c1-27(2)12-16-11-21-26(36)33(8-7-32(21)22(16)13-27)24-19(15-34)18(4-6-28-24)17-10-20(25(35)31(3)14-17)29-23-5-9-37-30-23/h4-6,9-11,14,25,34-35H,7-8,12-13,15H2,1-3H3,(H,29,30). The number of pyridine rings is 1. The van der Waals surface area contributed by atoms with Gasteiger partial charge in [-0.3, -0.25) is 9.69 Å². The van der Waals surface area contributed by atoms with Crippen LogP contribution in [0.2, 0.25) is 0 Å². The Bertz CT molecular complexity index is 1440. The molecule has 0 fully saturated rings. The average molecular weight is 503 g/mol. The number of hydrogen-bond donors (Lipinski definition) is 3. The predicted octanol–water partition coefficient (Wildman–Crippen LogP) is 2.75. The van der Waals surface area contributed by atoms with Gasteiger partial charge in [0.15, 0.2) is 12.0 Å². The van der Waals surface area contributed by atoms with Crippen molar-refractivity contribution in [3.63, 3.8) is 0 Å². The van der Waals surface area contributed by atoms with Gasteiger partial charge in [0.2, 0.25) is 0 Å². The Morgan fingerprint density at radius 1 is 1.24 bits per heavy atom. The van der Waals surface area contributed by atoms with E-state index in [1.807, 2.05) is 12.1 Å². The lowest BCUT2D eigenvalue weighted by molar-refractivity contribution is 0.0878. The van der Waals surface area contributed by atoms with Gasteiger partial charge in [0, 0.05) is 55.4 Å². The van der Waals surface area contributed by atoms with E-state index in [1.165, 1.54) is 17.5 Å². The smallest absolute Gasteiger partial charge is 0.276 e. The second-order valence-electron chi connectivity index (χ2n) is 10.7. The summed E-state index contributed by atoms with van der Waals surface area (Å²) in [6.07, 6.45) is 7.71. The minimum absolute atomic E-state index is 0.105. The molecule has 3 aliphatic rings. The number of nitrogens with one attached hydrogen (secondary N) is 1. The molecule has 2 aliphatic heterocycles. The third-order valence-electron chi connectivity index (χ3n) is 7.41. The molecule has 3 aromatic heterocycles. The van der Waals surface area contributed by atoms with E-state index in [0.29, 0.717) is 41.7 Å². The maximum atomic E-state index is 13.7. The minimum Gasteiger partial charge on any atom is -0.392 e. The van der Waals surface area contributed by atoms with Gasteiger partial charge < -0.3 is 29.5 Å². The SMILES string of the molecule is CN1C=C(c2ccnc(N3CCn4c(cc5c4CC(C)(C)C5)C3=O)c2CO)C=C(Nc2ccon2)C1O. The van der Waals surface area contributed by atoms with Gasteiger partial charge in [-0.1, -0.05) is 19.0 Å². The molecule has 0 aromatic carbocycles. The van der Waals surface area contributed by atoms with Crippen molar-refractivity contribution in [2.24, 2.45) is 5.41 Å². The van der Waals surface area contributed by atoms with E-state index in [1.54, 1.807) is 41.4 Å². The topological polar surface area (TPSA) is 120 Å². The van der Waals surface area contributed by atoms with E-state index in [-0.39, 0.29) is 17.9 Å². The van der Waals surface area contributed by atoms with Crippen LogP contribution in [0.15, 0.2) is 53.2 Å². The van der Waals surface area contributed by atoms with Crippen LogP contribution in [0.4, 0.5) is 11.6 Å². The van der Waals surface area contributed by atoms with Crippen LogP contribution in [0.5, 0.6) is 0 Å². The summed E-state index contributed by atoms with van der Waals surface area (Å²) >= 11 is 0. The molecule has 10 nitrogen and oxygen atoms in total. The fourth-order valence-electron chi connectivity index (χ4n) is 5.71.